The monoisotopic (exact) mass is 507 g/mol. The molecule has 0 atom stereocenters. The highest BCUT2D eigenvalue weighted by Gasteiger charge is 2.27. The number of pyridine rings is 1. The van der Waals surface area contributed by atoms with Crippen molar-refractivity contribution < 1.29 is 27.4 Å². The maximum Gasteiger partial charge on any atom is 0.291 e. The maximum atomic E-state index is 14.5. The van der Waals surface area contributed by atoms with Gasteiger partial charge in [0.2, 0.25) is 16.1 Å². The number of thiazole rings is 1. The largest absolute Gasteiger partial charge is 0.481 e. The number of methoxy groups -OCH3 is 1. The first-order chi connectivity index (χ1) is 15.8. The molecule has 0 unspecified atom stereocenters. The molecule has 0 saturated heterocycles. The third kappa shape index (κ3) is 5.78. The molecular weight excluding hydrogens is 481 g/mol. The van der Waals surface area contributed by atoms with E-state index in [1.54, 1.807) is 12.1 Å². The number of aliphatic hydroxyl groups is 1. The summed E-state index contributed by atoms with van der Waals surface area (Å²) in [6.45, 7) is 6.73. The molecular formula is C23H26FN3O5S2. The van der Waals surface area contributed by atoms with Crippen molar-refractivity contribution in [2.75, 3.05) is 7.11 Å². The van der Waals surface area contributed by atoms with Crippen LogP contribution >= 0.6 is 11.3 Å². The number of sulfonamides is 1. The number of benzene rings is 1. The van der Waals surface area contributed by atoms with E-state index in [-0.39, 0.29) is 16.7 Å². The summed E-state index contributed by atoms with van der Waals surface area (Å²) in [5.41, 5.74) is 0.825. The highest BCUT2D eigenvalue weighted by Crippen LogP contribution is 2.33. The van der Waals surface area contributed by atoms with Gasteiger partial charge in [0, 0.05) is 18.5 Å². The minimum atomic E-state index is -4.26. The van der Waals surface area contributed by atoms with Crippen LogP contribution in [0.5, 0.6) is 5.88 Å². The third-order valence-corrected chi connectivity index (χ3v) is 8.10. The van der Waals surface area contributed by atoms with Gasteiger partial charge >= 0.3 is 0 Å². The van der Waals surface area contributed by atoms with E-state index in [1.807, 2.05) is 18.6 Å². The summed E-state index contributed by atoms with van der Waals surface area (Å²) in [6.07, 6.45) is 2.46. The molecule has 2 N–H and O–H groups in total. The van der Waals surface area contributed by atoms with Crippen LogP contribution in [0.4, 0.5) is 4.39 Å². The second kappa shape index (κ2) is 9.77. The Morgan fingerprint density at radius 3 is 2.56 bits per heavy atom. The van der Waals surface area contributed by atoms with E-state index in [9.17, 15) is 22.7 Å². The standard InChI is InChI=1S/C23H26FN3O5S2/c1-13(2)16-9-15(24)10-17(14-6-7-25-21(8-14)32-5)18(16)11-20(28)27-34(30,31)22-26-12-19(33-22)23(3,4)29/h6-10,12-13,29H,11H2,1-5H3,(H,27,28). The van der Waals surface area contributed by atoms with Gasteiger partial charge in [0.15, 0.2) is 0 Å². The van der Waals surface area contributed by atoms with Gasteiger partial charge in [-0.15, -0.1) is 11.3 Å². The summed E-state index contributed by atoms with van der Waals surface area (Å²) in [7, 11) is -2.80. The van der Waals surface area contributed by atoms with Crippen molar-refractivity contribution in [3.63, 3.8) is 0 Å². The Morgan fingerprint density at radius 1 is 1.26 bits per heavy atom. The van der Waals surface area contributed by atoms with E-state index in [2.05, 4.69) is 9.97 Å². The van der Waals surface area contributed by atoms with Gasteiger partial charge < -0.3 is 9.84 Å². The van der Waals surface area contributed by atoms with E-state index in [0.717, 1.165) is 11.3 Å². The van der Waals surface area contributed by atoms with Crippen molar-refractivity contribution in [3.8, 4) is 17.0 Å². The molecule has 2 heterocycles. The number of rotatable bonds is 8. The zero-order chi connectivity index (χ0) is 25.3. The molecule has 11 heteroatoms. The summed E-state index contributed by atoms with van der Waals surface area (Å²) in [4.78, 5) is 21.1. The van der Waals surface area contributed by atoms with Crippen LogP contribution in [0.25, 0.3) is 11.1 Å². The Hall–Kier alpha value is -2.89. The zero-order valence-corrected chi connectivity index (χ0v) is 21.1. The SMILES string of the molecule is COc1cc(-c2cc(F)cc(C(C)C)c2CC(=O)NS(=O)(=O)c2ncc(C(C)(C)O)s2)ccn1. The second-order valence-corrected chi connectivity index (χ2v) is 11.4. The predicted molar refractivity (Wildman–Crippen MR) is 127 cm³/mol. The van der Waals surface area contributed by atoms with Crippen LogP contribution in [0, 0.1) is 5.82 Å². The number of nitrogens with one attached hydrogen (secondary N) is 1. The van der Waals surface area contributed by atoms with Crippen LogP contribution in [0.2, 0.25) is 0 Å². The number of amides is 1. The molecule has 8 nitrogen and oxygen atoms in total. The summed E-state index contributed by atoms with van der Waals surface area (Å²) in [6, 6.07) is 5.92. The topological polar surface area (TPSA) is 118 Å². The molecule has 3 aromatic rings. The van der Waals surface area contributed by atoms with Crippen molar-refractivity contribution in [1.29, 1.82) is 0 Å². The average molecular weight is 508 g/mol. The molecule has 1 amide bonds. The second-order valence-electron chi connectivity index (χ2n) is 8.52. The van der Waals surface area contributed by atoms with Crippen molar-refractivity contribution in [2.24, 2.45) is 0 Å². The summed E-state index contributed by atoms with van der Waals surface area (Å²) in [5, 5.41) is 10.1. The van der Waals surface area contributed by atoms with Crippen LogP contribution in [-0.2, 0) is 26.8 Å². The summed E-state index contributed by atoms with van der Waals surface area (Å²) < 4.78 is 46.8. The molecule has 0 bridgehead atoms. The molecule has 0 aliphatic heterocycles. The van der Waals surface area contributed by atoms with Gasteiger partial charge in [0.25, 0.3) is 10.0 Å². The molecule has 0 spiro atoms. The molecule has 0 saturated carbocycles. The van der Waals surface area contributed by atoms with E-state index in [1.165, 1.54) is 45.5 Å². The van der Waals surface area contributed by atoms with Crippen molar-refractivity contribution in [2.45, 2.75) is 50.0 Å². The highest BCUT2D eigenvalue weighted by atomic mass is 32.2. The van der Waals surface area contributed by atoms with E-state index >= 15 is 0 Å². The van der Waals surface area contributed by atoms with Crippen molar-refractivity contribution in [3.05, 3.63) is 58.5 Å². The molecule has 0 aliphatic rings. The Kier molecular flexibility index (Phi) is 7.39. The van der Waals surface area contributed by atoms with Gasteiger partial charge in [-0.2, -0.15) is 8.42 Å². The van der Waals surface area contributed by atoms with Gasteiger partial charge in [-0.05, 0) is 60.2 Å². The number of carbonyl (C=O) groups excluding carboxylic acids is 1. The number of nitrogens with zero attached hydrogens (tertiary/aromatic N) is 2. The number of hydrogen-bond donors (Lipinski definition) is 2. The molecule has 0 fully saturated rings. The maximum absolute atomic E-state index is 14.5. The average Bonchev–Trinajstić information content (AvgIpc) is 3.26. The van der Waals surface area contributed by atoms with Crippen LogP contribution < -0.4 is 9.46 Å². The van der Waals surface area contributed by atoms with E-state index in [0.29, 0.717) is 33.0 Å². The van der Waals surface area contributed by atoms with Crippen molar-refractivity contribution >= 4 is 27.3 Å². The van der Waals surface area contributed by atoms with Crippen LogP contribution in [0.1, 0.15) is 49.6 Å². The molecule has 0 radical (unpaired) electrons. The zero-order valence-electron chi connectivity index (χ0n) is 19.4. The number of aromatic nitrogens is 2. The van der Waals surface area contributed by atoms with Gasteiger partial charge in [-0.1, -0.05) is 13.8 Å². The third-order valence-electron chi connectivity index (χ3n) is 5.03. The molecule has 34 heavy (non-hydrogen) atoms. The lowest BCUT2D eigenvalue weighted by Crippen LogP contribution is -2.32. The Bertz CT molecular complexity index is 1310. The minimum Gasteiger partial charge on any atom is -0.481 e. The lowest BCUT2D eigenvalue weighted by molar-refractivity contribution is -0.118. The quantitative estimate of drug-likeness (QED) is 0.477. The van der Waals surface area contributed by atoms with Crippen molar-refractivity contribution in [1.82, 2.24) is 14.7 Å². The first kappa shape index (κ1) is 25.7. The van der Waals surface area contributed by atoms with Crippen LogP contribution in [0.3, 0.4) is 0 Å². The highest BCUT2D eigenvalue weighted by molar-refractivity contribution is 7.92. The normalized spacial score (nSPS) is 12.1. The fourth-order valence-electron chi connectivity index (χ4n) is 3.37. The van der Waals surface area contributed by atoms with E-state index < -0.39 is 27.3 Å². The predicted octanol–water partition coefficient (Wildman–Crippen LogP) is 3.75. The molecule has 3 rings (SSSR count). The lowest BCUT2D eigenvalue weighted by atomic mass is 9.88. The molecule has 0 aliphatic carbocycles. The minimum absolute atomic E-state index is 0.133. The number of halogens is 1. The van der Waals surface area contributed by atoms with Gasteiger partial charge in [-0.3, -0.25) is 4.79 Å². The molecule has 182 valence electrons. The first-order valence-electron chi connectivity index (χ1n) is 10.4. The molecule has 2 aromatic heterocycles. The van der Waals surface area contributed by atoms with E-state index in [4.69, 9.17) is 4.74 Å². The number of carbonyl (C=O) groups is 1. The number of ether oxygens (including phenoxy) is 1. The number of hydrogen-bond acceptors (Lipinski definition) is 8. The fraction of sp³-hybridized carbons (Fsp3) is 0.348. The summed E-state index contributed by atoms with van der Waals surface area (Å²) >= 11 is 0.775. The fourth-order valence-corrected chi connectivity index (χ4v) is 5.50. The Balaban J connectivity index is 1.98. The van der Waals surface area contributed by atoms with Gasteiger partial charge in [0.1, 0.15) is 5.82 Å². The lowest BCUT2D eigenvalue weighted by Gasteiger charge is -2.18. The van der Waals surface area contributed by atoms with Crippen LogP contribution in [-0.4, -0.2) is 36.5 Å². The Morgan fingerprint density at radius 2 is 1.97 bits per heavy atom. The Labute approximate surface area is 201 Å². The smallest absolute Gasteiger partial charge is 0.291 e. The summed E-state index contributed by atoms with van der Waals surface area (Å²) in [5.74, 6) is -1.09. The molecule has 1 aromatic carbocycles. The first-order valence-corrected chi connectivity index (χ1v) is 12.7. The van der Waals surface area contributed by atoms with Gasteiger partial charge in [0.05, 0.1) is 24.0 Å². The van der Waals surface area contributed by atoms with Gasteiger partial charge in [-0.25, -0.2) is 19.1 Å². The van der Waals surface area contributed by atoms with Crippen LogP contribution in [0.15, 0.2) is 41.0 Å².